The molecule has 49 valence electrons. The highest BCUT2D eigenvalue weighted by Gasteiger charge is 2.03. The van der Waals surface area contributed by atoms with E-state index in [1.807, 2.05) is 0 Å². The molecule has 1 radical (unpaired) electrons. The third kappa shape index (κ3) is 1.25. The molecule has 0 unspecified atom stereocenters. The lowest BCUT2D eigenvalue weighted by Gasteiger charge is -1.87. The predicted octanol–water partition coefficient (Wildman–Crippen LogP) is 0.374. The first-order chi connectivity index (χ1) is 4.84. The minimum Gasteiger partial charge on any atom is -0.283 e. The number of Topliss-reactive ketones (excluding diaryl/α,β-unsaturated/α-hetero) is 1. The van der Waals surface area contributed by atoms with Gasteiger partial charge < -0.3 is 0 Å². The average Bonchev–Trinajstić information content (AvgIpc) is 2.05. The van der Waals surface area contributed by atoms with Crippen molar-refractivity contribution in [1.82, 2.24) is 4.98 Å². The Kier molecular flexibility index (Phi) is 1.89. The maximum Gasteiger partial charge on any atom is 0.279 e. The molecular weight excluding hydrogens is 130 g/mol. The molecule has 0 aliphatic carbocycles. The second kappa shape index (κ2) is 2.87. The topological polar surface area (TPSA) is 47.0 Å². The molecule has 0 bridgehead atoms. The van der Waals surface area contributed by atoms with Gasteiger partial charge in [0, 0.05) is 6.20 Å². The van der Waals surface area contributed by atoms with E-state index in [1.54, 1.807) is 12.1 Å². The highest BCUT2D eigenvalue weighted by Crippen LogP contribution is 1.91. The van der Waals surface area contributed by atoms with Crippen LogP contribution in [0.4, 0.5) is 0 Å². The van der Waals surface area contributed by atoms with Crippen LogP contribution in [0.3, 0.4) is 0 Å². The monoisotopic (exact) mass is 134 g/mol. The lowest BCUT2D eigenvalue weighted by atomic mass is 10.3. The number of nitrogens with zero attached hydrogens (tertiary/aromatic N) is 1. The fraction of sp³-hybridized carbons (Fsp3) is 0. The summed E-state index contributed by atoms with van der Waals surface area (Å²) in [6.45, 7) is 0. The molecule has 0 amide bonds. The molecule has 0 N–H and O–H groups in total. The van der Waals surface area contributed by atoms with E-state index in [2.05, 4.69) is 4.98 Å². The summed E-state index contributed by atoms with van der Waals surface area (Å²) >= 11 is 0. The van der Waals surface area contributed by atoms with Crippen molar-refractivity contribution in [2.75, 3.05) is 0 Å². The van der Waals surface area contributed by atoms with E-state index < -0.39 is 5.78 Å². The molecule has 1 aromatic heterocycles. The Morgan fingerprint density at radius 1 is 1.50 bits per heavy atom. The molecule has 3 nitrogen and oxygen atoms in total. The summed E-state index contributed by atoms with van der Waals surface area (Å²) in [5, 5.41) is 0. The van der Waals surface area contributed by atoms with Crippen LogP contribution in [0.2, 0.25) is 0 Å². The fourth-order valence-corrected chi connectivity index (χ4v) is 0.549. The third-order valence-corrected chi connectivity index (χ3v) is 0.990. The quantitative estimate of drug-likeness (QED) is 0.433. The standard InChI is InChI=1S/C7H4NO2/c9-5-7(10)6-3-1-2-4-8-6/h1-4H. The highest BCUT2D eigenvalue weighted by molar-refractivity contribution is 6.32. The summed E-state index contributed by atoms with van der Waals surface area (Å²) in [4.78, 5) is 24.0. The number of hydrogen-bond acceptors (Lipinski definition) is 3. The minimum atomic E-state index is -0.708. The first-order valence-corrected chi connectivity index (χ1v) is 2.68. The Morgan fingerprint density at radius 2 is 2.30 bits per heavy atom. The van der Waals surface area contributed by atoms with Gasteiger partial charge in [-0.3, -0.25) is 14.6 Å². The SMILES string of the molecule is O=[C]C(=O)c1ccccn1. The number of ketones is 1. The van der Waals surface area contributed by atoms with E-state index in [0.717, 1.165) is 0 Å². The summed E-state index contributed by atoms with van der Waals surface area (Å²) in [6, 6.07) is 4.77. The number of carbonyl (C=O) groups is 1. The van der Waals surface area contributed by atoms with Gasteiger partial charge in [-0.1, -0.05) is 6.07 Å². The number of rotatable bonds is 2. The van der Waals surface area contributed by atoms with Crippen LogP contribution in [-0.2, 0) is 4.79 Å². The number of hydrogen-bond donors (Lipinski definition) is 0. The maximum atomic E-state index is 10.5. The van der Waals surface area contributed by atoms with Crippen molar-refractivity contribution < 1.29 is 9.59 Å². The molecule has 1 heterocycles. The van der Waals surface area contributed by atoms with E-state index in [9.17, 15) is 9.59 Å². The Labute approximate surface area is 57.7 Å². The molecule has 0 atom stereocenters. The van der Waals surface area contributed by atoms with E-state index in [1.165, 1.54) is 18.5 Å². The molecule has 0 aliphatic rings. The summed E-state index contributed by atoms with van der Waals surface area (Å²) in [5.74, 6) is -0.708. The lowest BCUT2D eigenvalue weighted by Crippen LogP contribution is -2.01. The predicted molar refractivity (Wildman–Crippen MR) is 34.3 cm³/mol. The van der Waals surface area contributed by atoms with Gasteiger partial charge in [0.1, 0.15) is 5.69 Å². The smallest absolute Gasteiger partial charge is 0.279 e. The van der Waals surface area contributed by atoms with E-state index in [0.29, 0.717) is 0 Å². The number of aromatic nitrogens is 1. The van der Waals surface area contributed by atoms with Gasteiger partial charge in [-0.25, -0.2) is 0 Å². The molecule has 0 fully saturated rings. The summed E-state index contributed by atoms with van der Waals surface area (Å²) in [6.07, 6.45) is 2.68. The first kappa shape index (κ1) is 6.61. The van der Waals surface area contributed by atoms with Crippen LogP contribution in [0.25, 0.3) is 0 Å². The van der Waals surface area contributed by atoms with Crippen molar-refractivity contribution in [2.45, 2.75) is 0 Å². The van der Waals surface area contributed by atoms with E-state index in [4.69, 9.17) is 0 Å². The van der Waals surface area contributed by atoms with Crippen molar-refractivity contribution in [1.29, 1.82) is 0 Å². The highest BCUT2D eigenvalue weighted by atomic mass is 16.2. The zero-order valence-corrected chi connectivity index (χ0v) is 5.07. The van der Waals surface area contributed by atoms with Gasteiger partial charge >= 0.3 is 0 Å². The largest absolute Gasteiger partial charge is 0.283 e. The van der Waals surface area contributed by atoms with Crippen LogP contribution in [0, 0.1) is 0 Å². The molecule has 1 aromatic rings. The fourth-order valence-electron chi connectivity index (χ4n) is 0.549. The molecule has 0 saturated carbocycles. The van der Waals surface area contributed by atoms with E-state index >= 15 is 0 Å². The van der Waals surface area contributed by atoms with Gasteiger partial charge in [-0.2, -0.15) is 0 Å². The maximum absolute atomic E-state index is 10.5. The van der Waals surface area contributed by atoms with Gasteiger partial charge in [0.05, 0.1) is 0 Å². The molecule has 0 saturated heterocycles. The van der Waals surface area contributed by atoms with Crippen LogP contribution in [-0.4, -0.2) is 17.1 Å². The van der Waals surface area contributed by atoms with Gasteiger partial charge in [-0.15, -0.1) is 0 Å². The van der Waals surface area contributed by atoms with Crippen molar-refractivity contribution in [3.63, 3.8) is 0 Å². The number of carbonyl (C=O) groups excluding carboxylic acids is 2. The molecule has 0 spiro atoms. The van der Waals surface area contributed by atoms with Crippen LogP contribution in [0.15, 0.2) is 24.4 Å². The van der Waals surface area contributed by atoms with Crippen molar-refractivity contribution in [2.24, 2.45) is 0 Å². The molecule has 10 heavy (non-hydrogen) atoms. The van der Waals surface area contributed by atoms with Crippen LogP contribution >= 0.6 is 0 Å². The normalized spacial score (nSPS) is 8.80. The molecule has 1 rings (SSSR count). The summed E-state index contributed by atoms with van der Waals surface area (Å²) < 4.78 is 0. The van der Waals surface area contributed by atoms with Crippen molar-refractivity contribution >= 4 is 12.1 Å². The van der Waals surface area contributed by atoms with Crippen LogP contribution < -0.4 is 0 Å². The second-order valence-electron chi connectivity index (χ2n) is 1.65. The molecule has 0 aromatic carbocycles. The zero-order chi connectivity index (χ0) is 7.40. The summed E-state index contributed by atoms with van der Waals surface area (Å²) in [5.41, 5.74) is 0.137. The van der Waals surface area contributed by atoms with Gasteiger partial charge in [0.25, 0.3) is 12.1 Å². The zero-order valence-electron chi connectivity index (χ0n) is 5.07. The molecule has 3 heteroatoms. The molecule has 0 aliphatic heterocycles. The number of pyridine rings is 1. The Morgan fingerprint density at radius 3 is 2.80 bits per heavy atom. The van der Waals surface area contributed by atoms with Crippen molar-refractivity contribution in [3.05, 3.63) is 30.1 Å². The van der Waals surface area contributed by atoms with Gasteiger partial charge in [0.15, 0.2) is 0 Å². The van der Waals surface area contributed by atoms with Gasteiger partial charge in [-0.05, 0) is 12.1 Å². The average molecular weight is 134 g/mol. The minimum absolute atomic E-state index is 0.137. The first-order valence-electron chi connectivity index (χ1n) is 2.68. The molecular formula is C7H4NO2. The summed E-state index contributed by atoms with van der Waals surface area (Å²) in [7, 11) is 0. The Balaban J connectivity index is 2.95. The van der Waals surface area contributed by atoms with Crippen molar-refractivity contribution in [3.8, 4) is 0 Å². The second-order valence-corrected chi connectivity index (χ2v) is 1.65. The lowest BCUT2D eigenvalue weighted by molar-refractivity contribution is 0.105. The van der Waals surface area contributed by atoms with Gasteiger partial charge in [0.2, 0.25) is 0 Å². The third-order valence-electron chi connectivity index (χ3n) is 0.990. The van der Waals surface area contributed by atoms with E-state index in [-0.39, 0.29) is 5.69 Å². The Bertz CT molecular complexity index is 243. The Hall–Kier alpha value is -1.51. The van der Waals surface area contributed by atoms with Crippen LogP contribution in [0.1, 0.15) is 10.5 Å². The van der Waals surface area contributed by atoms with Crippen LogP contribution in [0.5, 0.6) is 0 Å².